The number of carboxylic acid groups (broad SMARTS) is 1. The number of nitrogens with zero attached hydrogens (tertiary/aromatic N) is 2. The minimum absolute atomic E-state index is 0.00175. The van der Waals surface area contributed by atoms with Gasteiger partial charge in [0.05, 0.1) is 10.5 Å². The van der Waals surface area contributed by atoms with Crippen molar-refractivity contribution in [3.8, 4) is 0 Å². The van der Waals surface area contributed by atoms with E-state index in [-0.39, 0.29) is 11.3 Å². The molecule has 6 nitrogen and oxygen atoms in total. The highest BCUT2D eigenvalue weighted by atomic mass is 32.2. The van der Waals surface area contributed by atoms with Crippen LogP contribution in [0.5, 0.6) is 0 Å². The fourth-order valence-electron chi connectivity index (χ4n) is 1.61. The van der Waals surface area contributed by atoms with Gasteiger partial charge in [0, 0.05) is 23.2 Å². The van der Waals surface area contributed by atoms with E-state index in [2.05, 4.69) is 4.98 Å². The summed E-state index contributed by atoms with van der Waals surface area (Å²) in [4.78, 5) is 25.9. The molecule has 1 aromatic carbocycles. The molecule has 0 aliphatic rings. The van der Waals surface area contributed by atoms with Crippen LogP contribution in [-0.2, 0) is 0 Å². The van der Waals surface area contributed by atoms with Gasteiger partial charge in [0.1, 0.15) is 5.03 Å². The molecular formula is C13H10N2O4S. The van der Waals surface area contributed by atoms with Crippen molar-refractivity contribution in [1.82, 2.24) is 4.98 Å². The molecule has 0 radical (unpaired) electrons. The van der Waals surface area contributed by atoms with Gasteiger partial charge < -0.3 is 5.11 Å². The van der Waals surface area contributed by atoms with Gasteiger partial charge in [0.2, 0.25) is 0 Å². The summed E-state index contributed by atoms with van der Waals surface area (Å²) in [6, 6.07) is 7.52. The summed E-state index contributed by atoms with van der Waals surface area (Å²) < 4.78 is 0. The van der Waals surface area contributed by atoms with Crippen LogP contribution in [0.25, 0.3) is 0 Å². The zero-order chi connectivity index (χ0) is 14.7. The summed E-state index contributed by atoms with van der Waals surface area (Å²) in [5, 5.41) is 20.2. The number of hydrogen-bond donors (Lipinski definition) is 1. The standard InChI is InChI=1S/C13H10N2O4S/c1-8-4-10(15(18)19)7-11(5-8)20-12-6-9(13(16)17)2-3-14-12/h2-7H,1H3,(H,16,17). The first kappa shape index (κ1) is 14.0. The molecule has 20 heavy (non-hydrogen) atoms. The van der Waals surface area contributed by atoms with Gasteiger partial charge in [-0.25, -0.2) is 9.78 Å². The van der Waals surface area contributed by atoms with Gasteiger partial charge >= 0.3 is 5.97 Å². The van der Waals surface area contributed by atoms with Crippen molar-refractivity contribution in [3.63, 3.8) is 0 Å². The first-order valence-corrected chi connectivity index (χ1v) is 6.40. The van der Waals surface area contributed by atoms with Crippen molar-refractivity contribution in [3.05, 3.63) is 57.8 Å². The molecule has 1 N–H and O–H groups in total. The third kappa shape index (κ3) is 3.33. The molecule has 0 bridgehead atoms. The van der Waals surface area contributed by atoms with E-state index in [1.807, 2.05) is 0 Å². The number of aromatic carboxylic acids is 1. The van der Waals surface area contributed by atoms with Crippen molar-refractivity contribution in [2.24, 2.45) is 0 Å². The number of non-ortho nitro benzene ring substituents is 1. The molecule has 0 fully saturated rings. The van der Waals surface area contributed by atoms with Crippen LogP contribution < -0.4 is 0 Å². The summed E-state index contributed by atoms with van der Waals surface area (Å²) in [7, 11) is 0. The van der Waals surface area contributed by atoms with E-state index < -0.39 is 10.9 Å². The highest BCUT2D eigenvalue weighted by Gasteiger charge is 2.10. The molecule has 102 valence electrons. The first-order chi connectivity index (χ1) is 9.45. The largest absolute Gasteiger partial charge is 0.478 e. The van der Waals surface area contributed by atoms with Gasteiger partial charge in [-0.15, -0.1) is 0 Å². The van der Waals surface area contributed by atoms with Crippen molar-refractivity contribution >= 4 is 23.4 Å². The predicted molar refractivity (Wildman–Crippen MR) is 73.2 cm³/mol. The lowest BCUT2D eigenvalue weighted by molar-refractivity contribution is -0.385. The summed E-state index contributed by atoms with van der Waals surface area (Å²) >= 11 is 1.19. The van der Waals surface area contributed by atoms with E-state index >= 15 is 0 Å². The quantitative estimate of drug-likeness (QED) is 0.686. The topological polar surface area (TPSA) is 93.3 Å². The van der Waals surface area contributed by atoms with Crippen LogP contribution in [0, 0.1) is 17.0 Å². The molecule has 0 spiro atoms. The molecule has 0 atom stereocenters. The lowest BCUT2D eigenvalue weighted by Gasteiger charge is -2.03. The number of aromatic nitrogens is 1. The van der Waals surface area contributed by atoms with Crippen LogP contribution in [-0.4, -0.2) is 21.0 Å². The second kappa shape index (κ2) is 5.70. The lowest BCUT2D eigenvalue weighted by Crippen LogP contribution is -1.96. The van der Waals surface area contributed by atoms with Gasteiger partial charge in [-0.05, 0) is 30.7 Å². The van der Waals surface area contributed by atoms with Gasteiger partial charge in [-0.3, -0.25) is 10.1 Å². The monoisotopic (exact) mass is 290 g/mol. The highest BCUT2D eigenvalue weighted by Crippen LogP contribution is 2.30. The van der Waals surface area contributed by atoms with Crippen LogP contribution >= 0.6 is 11.8 Å². The van der Waals surface area contributed by atoms with Crippen molar-refractivity contribution < 1.29 is 14.8 Å². The number of pyridine rings is 1. The number of aryl methyl sites for hydroxylation is 1. The average Bonchev–Trinajstić information content (AvgIpc) is 2.38. The molecule has 0 aliphatic heterocycles. The van der Waals surface area contributed by atoms with Crippen LogP contribution in [0.15, 0.2) is 46.5 Å². The van der Waals surface area contributed by atoms with E-state index in [1.54, 1.807) is 13.0 Å². The predicted octanol–water partition coefficient (Wildman–Crippen LogP) is 3.15. The van der Waals surface area contributed by atoms with E-state index in [9.17, 15) is 14.9 Å². The summed E-state index contributed by atoms with van der Waals surface area (Å²) in [5.41, 5.74) is 0.891. The molecule has 1 aromatic heterocycles. The Labute approximate surface area is 118 Å². The van der Waals surface area contributed by atoms with Crippen LogP contribution in [0.4, 0.5) is 5.69 Å². The Hall–Kier alpha value is -2.41. The molecule has 1 heterocycles. The third-order valence-electron chi connectivity index (χ3n) is 2.45. The Morgan fingerprint density at radius 2 is 2.10 bits per heavy atom. The van der Waals surface area contributed by atoms with Gasteiger partial charge in [-0.2, -0.15) is 0 Å². The summed E-state index contributed by atoms with van der Waals surface area (Å²) in [6.45, 7) is 1.76. The molecule has 0 aliphatic carbocycles. The minimum Gasteiger partial charge on any atom is -0.478 e. The zero-order valence-corrected chi connectivity index (χ0v) is 11.3. The molecule has 7 heteroatoms. The molecule has 0 saturated heterocycles. The summed E-state index contributed by atoms with van der Waals surface area (Å²) in [6.07, 6.45) is 1.40. The Morgan fingerprint density at radius 3 is 2.75 bits per heavy atom. The Bertz CT molecular complexity index is 688. The number of nitro benzene ring substituents is 1. The van der Waals surface area contributed by atoms with E-state index in [0.29, 0.717) is 9.92 Å². The second-order valence-electron chi connectivity index (χ2n) is 4.05. The van der Waals surface area contributed by atoms with Crippen LogP contribution in [0.3, 0.4) is 0 Å². The number of rotatable bonds is 4. The maximum absolute atomic E-state index is 10.9. The van der Waals surface area contributed by atoms with E-state index in [1.165, 1.54) is 42.2 Å². The smallest absolute Gasteiger partial charge is 0.335 e. The lowest BCUT2D eigenvalue weighted by atomic mass is 10.2. The van der Waals surface area contributed by atoms with Gasteiger partial charge in [0.15, 0.2) is 0 Å². The number of carboxylic acids is 1. The molecule has 0 unspecified atom stereocenters. The molecule has 2 aromatic rings. The zero-order valence-electron chi connectivity index (χ0n) is 10.4. The van der Waals surface area contributed by atoms with Crippen LogP contribution in [0.1, 0.15) is 15.9 Å². The normalized spacial score (nSPS) is 10.2. The molecule has 2 rings (SSSR count). The Kier molecular flexibility index (Phi) is 3.99. The van der Waals surface area contributed by atoms with E-state index in [0.717, 1.165) is 5.56 Å². The van der Waals surface area contributed by atoms with Crippen molar-refractivity contribution in [2.45, 2.75) is 16.8 Å². The first-order valence-electron chi connectivity index (χ1n) is 5.59. The number of nitro groups is 1. The van der Waals surface area contributed by atoms with Crippen molar-refractivity contribution in [1.29, 1.82) is 0 Å². The highest BCUT2D eigenvalue weighted by molar-refractivity contribution is 7.99. The summed E-state index contributed by atoms with van der Waals surface area (Å²) in [5.74, 6) is -1.04. The van der Waals surface area contributed by atoms with Crippen LogP contribution in [0.2, 0.25) is 0 Å². The maximum Gasteiger partial charge on any atom is 0.335 e. The maximum atomic E-state index is 10.9. The third-order valence-corrected chi connectivity index (χ3v) is 3.35. The molecular weight excluding hydrogens is 280 g/mol. The fraction of sp³-hybridized carbons (Fsp3) is 0.0769. The van der Waals surface area contributed by atoms with E-state index in [4.69, 9.17) is 5.11 Å². The molecule has 0 amide bonds. The number of benzene rings is 1. The minimum atomic E-state index is -1.04. The van der Waals surface area contributed by atoms with Crippen molar-refractivity contribution in [2.75, 3.05) is 0 Å². The fourth-order valence-corrected chi connectivity index (χ4v) is 2.58. The average molecular weight is 290 g/mol. The number of carbonyl (C=O) groups is 1. The Morgan fingerprint density at radius 1 is 1.35 bits per heavy atom. The van der Waals surface area contributed by atoms with Gasteiger partial charge in [0.25, 0.3) is 5.69 Å². The Balaban J connectivity index is 2.32. The molecule has 0 saturated carbocycles. The van der Waals surface area contributed by atoms with Gasteiger partial charge in [-0.1, -0.05) is 11.8 Å². The SMILES string of the molecule is Cc1cc(Sc2cc(C(=O)O)ccn2)cc([N+](=O)[O-])c1. The second-order valence-corrected chi connectivity index (χ2v) is 5.15. The number of hydrogen-bond acceptors (Lipinski definition) is 5.